The molecule has 0 aliphatic carbocycles. The standard InChI is InChI=1S/C19H11BrO2/c20-14-7-8-15-18(11-14)22-17-9-6-13(10-16(17)19(15)21)12-4-2-1-3-5-12/h1-11H. The molecule has 0 aliphatic rings. The summed E-state index contributed by atoms with van der Waals surface area (Å²) in [4.78, 5) is 12.7. The molecule has 0 atom stereocenters. The molecule has 0 saturated carbocycles. The predicted molar refractivity (Wildman–Crippen MR) is 93.1 cm³/mol. The Labute approximate surface area is 135 Å². The van der Waals surface area contributed by atoms with Crippen LogP contribution in [-0.2, 0) is 0 Å². The van der Waals surface area contributed by atoms with Crippen molar-refractivity contribution in [3.8, 4) is 11.1 Å². The zero-order chi connectivity index (χ0) is 15.1. The van der Waals surface area contributed by atoms with Crippen LogP contribution in [0.25, 0.3) is 33.1 Å². The number of halogens is 1. The Balaban J connectivity index is 2.04. The second-order valence-electron chi connectivity index (χ2n) is 5.15. The van der Waals surface area contributed by atoms with Gasteiger partial charge in [0.05, 0.1) is 10.8 Å². The monoisotopic (exact) mass is 350 g/mol. The maximum atomic E-state index is 12.7. The van der Waals surface area contributed by atoms with Gasteiger partial charge < -0.3 is 4.42 Å². The molecule has 4 aromatic rings. The minimum atomic E-state index is 0.00142. The molecule has 0 spiro atoms. The zero-order valence-electron chi connectivity index (χ0n) is 11.5. The Bertz CT molecular complexity index is 1050. The molecule has 1 heterocycles. The molecular weight excluding hydrogens is 340 g/mol. The van der Waals surface area contributed by atoms with Crippen LogP contribution in [0, 0.1) is 0 Å². The Hall–Kier alpha value is -2.39. The van der Waals surface area contributed by atoms with Gasteiger partial charge in [0.25, 0.3) is 0 Å². The molecule has 0 saturated heterocycles. The predicted octanol–water partition coefficient (Wildman–Crippen LogP) is 5.38. The van der Waals surface area contributed by atoms with Gasteiger partial charge in [-0.15, -0.1) is 0 Å². The second-order valence-corrected chi connectivity index (χ2v) is 6.06. The zero-order valence-corrected chi connectivity index (χ0v) is 13.1. The van der Waals surface area contributed by atoms with Crippen LogP contribution in [0.15, 0.2) is 80.4 Å². The van der Waals surface area contributed by atoms with Gasteiger partial charge in [0.2, 0.25) is 5.43 Å². The third-order valence-electron chi connectivity index (χ3n) is 3.74. The van der Waals surface area contributed by atoms with Gasteiger partial charge in [0.1, 0.15) is 11.2 Å². The highest BCUT2D eigenvalue weighted by molar-refractivity contribution is 9.10. The molecule has 1 aromatic heterocycles. The molecule has 22 heavy (non-hydrogen) atoms. The highest BCUT2D eigenvalue weighted by Crippen LogP contribution is 2.26. The summed E-state index contributed by atoms with van der Waals surface area (Å²) in [5, 5.41) is 1.21. The molecule has 4 rings (SSSR count). The summed E-state index contributed by atoms with van der Waals surface area (Å²) in [6, 6.07) is 21.2. The van der Waals surface area contributed by atoms with Gasteiger partial charge in [-0.05, 0) is 41.5 Å². The molecule has 0 aliphatic heterocycles. The van der Waals surface area contributed by atoms with Crippen molar-refractivity contribution in [2.75, 3.05) is 0 Å². The average molecular weight is 351 g/mol. The first-order valence-electron chi connectivity index (χ1n) is 6.94. The van der Waals surface area contributed by atoms with E-state index in [4.69, 9.17) is 4.42 Å². The first-order valence-corrected chi connectivity index (χ1v) is 7.73. The first kappa shape index (κ1) is 13.3. The minimum absolute atomic E-state index is 0.00142. The minimum Gasteiger partial charge on any atom is -0.456 e. The van der Waals surface area contributed by atoms with Crippen molar-refractivity contribution in [2.45, 2.75) is 0 Å². The van der Waals surface area contributed by atoms with Crippen molar-refractivity contribution in [3.05, 3.63) is 81.4 Å². The molecule has 2 nitrogen and oxygen atoms in total. The summed E-state index contributed by atoms with van der Waals surface area (Å²) in [7, 11) is 0. The smallest absolute Gasteiger partial charge is 0.200 e. The van der Waals surface area contributed by atoms with Gasteiger partial charge >= 0.3 is 0 Å². The van der Waals surface area contributed by atoms with Crippen LogP contribution < -0.4 is 5.43 Å². The lowest BCUT2D eigenvalue weighted by molar-refractivity contribution is 0.659. The Kier molecular flexibility index (Phi) is 3.09. The topological polar surface area (TPSA) is 30.2 Å². The molecule has 106 valence electrons. The quantitative estimate of drug-likeness (QED) is 0.431. The van der Waals surface area contributed by atoms with Crippen LogP contribution in [0.2, 0.25) is 0 Å². The van der Waals surface area contributed by atoms with Crippen molar-refractivity contribution in [3.63, 3.8) is 0 Å². The van der Waals surface area contributed by atoms with E-state index >= 15 is 0 Å². The summed E-state index contributed by atoms with van der Waals surface area (Å²) in [5.41, 5.74) is 3.30. The van der Waals surface area contributed by atoms with Crippen LogP contribution in [0.1, 0.15) is 0 Å². The lowest BCUT2D eigenvalue weighted by Gasteiger charge is -2.05. The Morgan fingerprint density at radius 3 is 2.36 bits per heavy atom. The van der Waals surface area contributed by atoms with E-state index in [1.54, 1.807) is 6.07 Å². The highest BCUT2D eigenvalue weighted by Gasteiger charge is 2.09. The van der Waals surface area contributed by atoms with Crippen molar-refractivity contribution >= 4 is 37.9 Å². The third kappa shape index (κ3) is 2.14. The van der Waals surface area contributed by atoms with E-state index in [2.05, 4.69) is 15.9 Å². The van der Waals surface area contributed by atoms with Crippen molar-refractivity contribution in [1.29, 1.82) is 0 Å². The van der Waals surface area contributed by atoms with Gasteiger partial charge in [-0.3, -0.25) is 4.79 Å². The first-order chi connectivity index (χ1) is 10.7. The fourth-order valence-electron chi connectivity index (χ4n) is 2.64. The summed E-state index contributed by atoms with van der Waals surface area (Å²) in [5.74, 6) is 0. The van der Waals surface area contributed by atoms with E-state index in [1.807, 2.05) is 60.7 Å². The Morgan fingerprint density at radius 2 is 1.55 bits per heavy atom. The van der Waals surface area contributed by atoms with E-state index in [0.717, 1.165) is 15.6 Å². The fraction of sp³-hybridized carbons (Fsp3) is 0. The van der Waals surface area contributed by atoms with Gasteiger partial charge in [0.15, 0.2) is 0 Å². The molecule has 0 amide bonds. The number of hydrogen-bond donors (Lipinski definition) is 0. The number of rotatable bonds is 1. The third-order valence-corrected chi connectivity index (χ3v) is 4.23. The van der Waals surface area contributed by atoms with E-state index in [9.17, 15) is 4.79 Å². The van der Waals surface area contributed by atoms with E-state index in [-0.39, 0.29) is 5.43 Å². The summed E-state index contributed by atoms with van der Waals surface area (Å²) in [6.45, 7) is 0. The van der Waals surface area contributed by atoms with Gasteiger partial charge in [0, 0.05) is 4.47 Å². The summed E-state index contributed by atoms with van der Waals surface area (Å²) >= 11 is 3.40. The summed E-state index contributed by atoms with van der Waals surface area (Å²) in [6.07, 6.45) is 0. The normalized spacial score (nSPS) is 11.1. The average Bonchev–Trinajstić information content (AvgIpc) is 2.55. The summed E-state index contributed by atoms with van der Waals surface area (Å²) < 4.78 is 6.76. The van der Waals surface area contributed by atoms with Crippen LogP contribution >= 0.6 is 15.9 Å². The van der Waals surface area contributed by atoms with E-state index in [1.165, 1.54) is 0 Å². The molecule has 3 aromatic carbocycles. The SMILES string of the molecule is O=c1c2ccc(Br)cc2oc2ccc(-c3ccccc3)cc12. The molecule has 0 radical (unpaired) electrons. The number of fused-ring (bicyclic) bond motifs is 2. The molecule has 0 N–H and O–H groups in total. The fourth-order valence-corrected chi connectivity index (χ4v) is 2.98. The van der Waals surface area contributed by atoms with Gasteiger partial charge in [-0.2, -0.15) is 0 Å². The molecule has 0 fully saturated rings. The van der Waals surface area contributed by atoms with Gasteiger partial charge in [-0.25, -0.2) is 0 Å². The van der Waals surface area contributed by atoms with Crippen LogP contribution in [-0.4, -0.2) is 0 Å². The number of hydrogen-bond acceptors (Lipinski definition) is 2. The molecule has 3 heteroatoms. The Morgan fingerprint density at radius 1 is 0.727 bits per heavy atom. The van der Waals surface area contributed by atoms with E-state index < -0.39 is 0 Å². The lowest BCUT2D eigenvalue weighted by atomic mass is 10.0. The molecular formula is C19H11BrO2. The molecule has 0 bridgehead atoms. The largest absolute Gasteiger partial charge is 0.456 e. The van der Waals surface area contributed by atoms with Crippen molar-refractivity contribution in [2.24, 2.45) is 0 Å². The second kappa shape index (κ2) is 5.11. The lowest BCUT2D eigenvalue weighted by Crippen LogP contribution is -2.02. The van der Waals surface area contributed by atoms with Crippen molar-refractivity contribution in [1.82, 2.24) is 0 Å². The maximum absolute atomic E-state index is 12.7. The maximum Gasteiger partial charge on any atom is 0.200 e. The van der Waals surface area contributed by atoms with E-state index in [0.29, 0.717) is 21.9 Å². The molecule has 0 unspecified atom stereocenters. The van der Waals surface area contributed by atoms with Crippen LogP contribution in [0.5, 0.6) is 0 Å². The highest BCUT2D eigenvalue weighted by atomic mass is 79.9. The van der Waals surface area contributed by atoms with Crippen LogP contribution in [0.3, 0.4) is 0 Å². The van der Waals surface area contributed by atoms with Crippen LogP contribution in [0.4, 0.5) is 0 Å². The van der Waals surface area contributed by atoms with Crippen molar-refractivity contribution < 1.29 is 4.42 Å². The van der Waals surface area contributed by atoms with Gasteiger partial charge in [-0.1, -0.05) is 52.3 Å². The number of benzene rings is 3.